The van der Waals surface area contributed by atoms with E-state index in [1.165, 1.54) is 141 Å². The van der Waals surface area contributed by atoms with E-state index < -0.39 is 18.1 Å². The first-order valence-corrected chi connectivity index (χ1v) is 23.4. The number of esters is 2. The Balaban J connectivity index is 4.31. The lowest BCUT2D eigenvalue weighted by molar-refractivity contribution is -0.889. The Hall–Kier alpha value is -2.19. The summed E-state index contributed by atoms with van der Waals surface area (Å²) in [6.45, 7) is 4.65. The molecule has 0 aromatic carbocycles. The summed E-state index contributed by atoms with van der Waals surface area (Å²) < 4.78 is 17.2. The summed E-state index contributed by atoms with van der Waals surface area (Å²) in [6.07, 6.45) is 43.4. The number of aliphatic carboxylic acids is 1. The van der Waals surface area contributed by atoms with Gasteiger partial charge in [-0.3, -0.25) is 9.59 Å². The van der Waals surface area contributed by atoms with Crippen molar-refractivity contribution in [1.29, 1.82) is 0 Å². The summed E-state index contributed by atoms with van der Waals surface area (Å²) in [7, 11) is 5.41. The van der Waals surface area contributed by atoms with Gasteiger partial charge in [-0.2, -0.15) is 0 Å². The zero-order valence-electron chi connectivity index (χ0n) is 37.3. The van der Waals surface area contributed by atoms with Crippen molar-refractivity contribution >= 4 is 17.9 Å². The van der Waals surface area contributed by atoms with Crippen LogP contribution in [0, 0.1) is 0 Å². The minimum Gasteiger partial charge on any atom is -0.544 e. The lowest BCUT2D eigenvalue weighted by atomic mass is 10.1. The molecule has 0 bridgehead atoms. The quantitative estimate of drug-likeness (QED) is 0.0262. The number of likely N-dealkylation sites (N-methyl/N-ethyl adjacent to an activating group) is 1. The van der Waals surface area contributed by atoms with Crippen LogP contribution in [0.2, 0.25) is 0 Å². The normalized spacial score (nSPS) is 13.1. The lowest BCUT2D eigenvalue weighted by Gasteiger charge is -2.34. The molecule has 0 N–H and O–H groups in total. The number of quaternary nitrogens is 1. The van der Waals surface area contributed by atoms with Crippen LogP contribution >= 0.6 is 0 Å². The fourth-order valence-corrected chi connectivity index (χ4v) is 6.88. The average molecular weight is 792 g/mol. The van der Waals surface area contributed by atoms with E-state index in [4.69, 9.17) is 14.2 Å². The van der Waals surface area contributed by atoms with Crippen molar-refractivity contribution in [3.05, 3.63) is 24.3 Å². The van der Waals surface area contributed by atoms with Gasteiger partial charge in [0.05, 0.1) is 40.3 Å². The molecule has 0 aliphatic rings. The van der Waals surface area contributed by atoms with Crippen LogP contribution in [-0.2, 0) is 28.6 Å². The molecular weight excluding hydrogens is 703 g/mol. The number of allylic oxidation sites excluding steroid dienone is 4. The van der Waals surface area contributed by atoms with Crippen molar-refractivity contribution in [3.63, 3.8) is 0 Å². The Kier molecular flexibility index (Phi) is 38.1. The maximum absolute atomic E-state index is 12.7. The zero-order chi connectivity index (χ0) is 41.4. The summed E-state index contributed by atoms with van der Waals surface area (Å²) in [5.74, 6) is -1.74. The van der Waals surface area contributed by atoms with Gasteiger partial charge in [-0.1, -0.05) is 154 Å². The number of hydrogen-bond donors (Lipinski definition) is 0. The van der Waals surface area contributed by atoms with Gasteiger partial charge in [-0.05, 0) is 64.2 Å². The monoisotopic (exact) mass is 792 g/mol. The Morgan fingerprint density at radius 1 is 0.518 bits per heavy atom. The predicted octanol–water partition coefficient (Wildman–Crippen LogP) is 11.5. The van der Waals surface area contributed by atoms with Gasteiger partial charge in [0.15, 0.2) is 6.10 Å². The van der Waals surface area contributed by atoms with Gasteiger partial charge in [-0.15, -0.1) is 0 Å². The van der Waals surface area contributed by atoms with Crippen LogP contribution in [0.25, 0.3) is 0 Å². The van der Waals surface area contributed by atoms with Crippen molar-refractivity contribution in [3.8, 4) is 0 Å². The molecule has 0 aromatic heterocycles. The molecule has 8 heteroatoms. The largest absolute Gasteiger partial charge is 0.544 e. The van der Waals surface area contributed by atoms with Crippen LogP contribution < -0.4 is 5.11 Å². The molecule has 8 nitrogen and oxygen atoms in total. The highest BCUT2D eigenvalue weighted by molar-refractivity contribution is 5.70. The number of nitrogens with zero attached hydrogens (tertiary/aromatic N) is 1. The standard InChI is InChI=1S/C48H89NO7/c1-6-8-10-12-14-16-18-20-22-23-25-27-29-31-33-35-37-39-47(51)56-44(42-54-41-40-45(48(52)53)49(3,4)5)43-55-46(50)38-36-34-32-30-28-26-24-21-19-17-15-13-11-9-7-2/h17,19-20,22,44-45H,6-16,18,21,23-43H2,1-5H3/b19-17+,22-20+. The molecule has 2 unspecified atom stereocenters. The fraction of sp³-hybridized carbons (Fsp3) is 0.854. The van der Waals surface area contributed by atoms with Crippen LogP contribution in [0.4, 0.5) is 0 Å². The van der Waals surface area contributed by atoms with Gasteiger partial charge in [0.2, 0.25) is 0 Å². The van der Waals surface area contributed by atoms with Gasteiger partial charge in [-0.25, -0.2) is 0 Å². The van der Waals surface area contributed by atoms with E-state index in [1.807, 2.05) is 0 Å². The molecular formula is C48H89NO7. The molecule has 2 atom stereocenters. The SMILES string of the molecule is CCCCCC/C=C/CCCCCCCCCC(=O)OCC(COCCC(C(=O)[O-])[N+](C)(C)C)OC(=O)CCCCCCCCC/C=C/CCCCCCCC. The van der Waals surface area contributed by atoms with E-state index in [1.54, 1.807) is 21.1 Å². The molecule has 0 amide bonds. The summed E-state index contributed by atoms with van der Waals surface area (Å²) in [6, 6.07) is -0.725. The average Bonchev–Trinajstić information content (AvgIpc) is 3.15. The fourth-order valence-electron chi connectivity index (χ4n) is 6.88. The predicted molar refractivity (Wildman–Crippen MR) is 231 cm³/mol. The highest BCUT2D eigenvalue weighted by Crippen LogP contribution is 2.14. The molecule has 0 aromatic rings. The first-order chi connectivity index (χ1) is 27.1. The van der Waals surface area contributed by atoms with Crippen LogP contribution in [0.1, 0.15) is 213 Å². The molecule has 0 heterocycles. The molecule has 0 saturated heterocycles. The Morgan fingerprint density at radius 2 is 0.893 bits per heavy atom. The third-order valence-electron chi connectivity index (χ3n) is 10.6. The van der Waals surface area contributed by atoms with E-state index in [9.17, 15) is 19.5 Å². The van der Waals surface area contributed by atoms with Crippen molar-refractivity contribution in [2.45, 2.75) is 225 Å². The first kappa shape index (κ1) is 53.8. The number of rotatable bonds is 42. The maximum Gasteiger partial charge on any atom is 0.306 e. The molecule has 328 valence electrons. The second-order valence-corrected chi connectivity index (χ2v) is 17.0. The van der Waals surface area contributed by atoms with Crippen LogP contribution in [0.15, 0.2) is 24.3 Å². The lowest BCUT2D eigenvalue weighted by Crippen LogP contribution is -2.55. The van der Waals surface area contributed by atoms with Crippen molar-refractivity contribution in [2.24, 2.45) is 0 Å². The number of carbonyl (C=O) groups excluding carboxylic acids is 3. The highest BCUT2D eigenvalue weighted by atomic mass is 16.6. The molecule has 0 fully saturated rings. The number of unbranched alkanes of at least 4 members (excludes halogenated alkanes) is 24. The molecule has 0 rings (SSSR count). The first-order valence-electron chi connectivity index (χ1n) is 23.4. The second-order valence-electron chi connectivity index (χ2n) is 17.0. The summed E-state index contributed by atoms with van der Waals surface area (Å²) in [5.41, 5.74) is 0. The van der Waals surface area contributed by atoms with Gasteiger partial charge < -0.3 is 28.6 Å². The smallest absolute Gasteiger partial charge is 0.306 e. The van der Waals surface area contributed by atoms with E-state index in [2.05, 4.69) is 38.2 Å². The van der Waals surface area contributed by atoms with Gasteiger partial charge in [0.1, 0.15) is 12.6 Å². The number of carbonyl (C=O) groups is 3. The van der Waals surface area contributed by atoms with Gasteiger partial charge in [0.25, 0.3) is 0 Å². The number of carboxylic acids is 1. The topological polar surface area (TPSA) is 102 Å². The number of ether oxygens (including phenoxy) is 3. The minimum atomic E-state index is -1.12. The van der Waals surface area contributed by atoms with Crippen molar-refractivity contribution in [2.75, 3.05) is 41.0 Å². The maximum atomic E-state index is 12.7. The molecule has 0 saturated carbocycles. The molecule has 56 heavy (non-hydrogen) atoms. The minimum absolute atomic E-state index is 0.0406. The van der Waals surface area contributed by atoms with Gasteiger partial charge in [0, 0.05) is 19.3 Å². The van der Waals surface area contributed by atoms with Crippen LogP contribution in [-0.4, -0.2) is 75.5 Å². The third-order valence-corrected chi connectivity index (χ3v) is 10.6. The summed E-state index contributed by atoms with van der Waals surface area (Å²) in [4.78, 5) is 36.9. The zero-order valence-corrected chi connectivity index (χ0v) is 37.3. The van der Waals surface area contributed by atoms with E-state index >= 15 is 0 Å². The third kappa shape index (κ3) is 37.4. The van der Waals surface area contributed by atoms with Crippen LogP contribution in [0.5, 0.6) is 0 Å². The summed E-state index contributed by atoms with van der Waals surface area (Å²) in [5, 5.41) is 11.6. The molecule has 0 aliphatic heterocycles. The summed E-state index contributed by atoms with van der Waals surface area (Å²) >= 11 is 0. The molecule has 0 spiro atoms. The Bertz CT molecular complexity index is 973. The van der Waals surface area contributed by atoms with Gasteiger partial charge >= 0.3 is 11.9 Å². The van der Waals surface area contributed by atoms with E-state index in [-0.39, 0.29) is 42.7 Å². The number of carboxylic acid groups (broad SMARTS) is 1. The van der Waals surface area contributed by atoms with Crippen molar-refractivity contribution in [1.82, 2.24) is 0 Å². The van der Waals surface area contributed by atoms with Crippen molar-refractivity contribution < 1.29 is 38.2 Å². The van der Waals surface area contributed by atoms with E-state index in [0.29, 0.717) is 12.8 Å². The Morgan fingerprint density at radius 3 is 1.30 bits per heavy atom. The molecule has 0 radical (unpaired) electrons. The van der Waals surface area contributed by atoms with E-state index in [0.717, 1.165) is 38.5 Å². The number of hydrogen-bond acceptors (Lipinski definition) is 7. The van der Waals surface area contributed by atoms with Crippen LogP contribution in [0.3, 0.4) is 0 Å². The second kappa shape index (κ2) is 39.6. The molecule has 0 aliphatic carbocycles. The Labute approximate surface area is 345 Å². The highest BCUT2D eigenvalue weighted by Gasteiger charge is 2.25.